The first kappa shape index (κ1) is 26.5. The number of hydrogen-bond donors (Lipinski definition) is 1. The first-order chi connectivity index (χ1) is 15.1. The molecule has 0 radical (unpaired) electrons. The van der Waals surface area contributed by atoms with Crippen LogP contribution in [-0.4, -0.2) is 40.3 Å². The molecule has 7 nitrogen and oxygen atoms in total. The Balaban J connectivity index is 2.27. The summed E-state index contributed by atoms with van der Waals surface area (Å²) in [6, 6.07) is 11.9. The topological polar surface area (TPSA) is 84.9 Å². The van der Waals surface area contributed by atoms with E-state index in [1.807, 2.05) is 13.8 Å². The quantitative estimate of drug-likeness (QED) is 0.571. The summed E-state index contributed by atoms with van der Waals surface area (Å²) in [6.07, 6.45) is 1.97. The summed E-state index contributed by atoms with van der Waals surface area (Å²) >= 11 is 0. The number of amides is 1. The summed E-state index contributed by atoms with van der Waals surface area (Å²) in [7, 11) is -0.620. The Labute approximate surface area is 198 Å². The molecule has 0 heterocycles. The van der Waals surface area contributed by atoms with Gasteiger partial charge in [0, 0.05) is 17.2 Å². The van der Waals surface area contributed by atoms with Gasteiger partial charge >= 0.3 is 0 Å². The van der Waals surface area contributed by atoms with E-state index < -0.39 is 10.0 Å². The molecule has 8 heteroatoms. The van der Waals surface area contributed by atoms with Crippen molar-refractivity contribution in [3.05, 3.63) is 53.6 Å². The van der Waals surface area contributed by atoms with E-state index in [0.29, 0.717) is 22.7 Å². The lowest BCUT2D eigenvalue weighted by Gasteiger charge is -2.33. The number of carbonyl (C=O) groups excluding carboxylic acids is 1. The minimum absolute atomic E-state index is 0.0803. The van der Waals surface area contributed by atoms with E-state index in [9.17, 15) is 13.2 Å². The van der Waals surface area contributed by atoms with Gasteiger partial charge in [0.05, 0.1) is 32.7 Å². The Hall–Kier alpha value is -2.74. The third-order valence-electron chi connectivity index (χ3n) is 5.02. The minimum Gasteiger partial charge on any atom is -0.497 e. The third kappa shape index (κ3) is 7.67. The molecule has 0 atom stereocenters. The number of sulfonamides is 1. The molecular formula is C25H36N2O5S. The molecule has 2 rings (SSSR count). The molecule has 1 amide bonds. The van der Waals surface area contributed by atoms with Crippen molar-refractivity contribution < 1.29 is 22.7 Å². The molecule has 1 N–H and O–H groups in total. The average molecular weight is 477 g/mol. The van der Waals surface area contributed by atoms with Crippen LogP contribution in [0.3, 0.4) is 0 Å². The van der Waals surface area contributed by atoms with Crippen LogP contribution in [0.4, 0.5) is 5.69 Å². The predicted octanol–water partition coefficient (Wildman–Crippen LogP) is 4.61. The SMILES string of the molecule is COc1ccc(OC)c(N(Cc2ccc(C(=O)NC(C)(C)CC(C)(C)C)cc2)S(C)(=O)=O)c1. The molecule has 0 fully saturated rings. The lowest BCUT2D eigenvalue weighted by Crippen LogP contribution is -2.45. The number of anilines is 1. The van der Waals surface area contributed by atoms with E-state index in [-0.39, 0.29) is 23.4 Å². The van der Waals surface area contributed by atoms with Crippen LogP contribution < -0.4 is 19.1 Å². The van der Waals surface area contributed by atoms with E-state index in [0.717, 1.165) is 18.2 Å². The van der Waals surface area contributed by atoms with Crippen molar-refractivity contribution >= 4 is 21.6 Å². The van der Waals surface area contributed by atoms with Crippen LogP contribution in [0.15, 0.2) is 42.5 Å². The lowest BCUT2D eigenvalue weighted by molar-refractivity contribution is 0.0891. The van der Waals surface area contributed by atoms with Crippen molar-refractivity contribution in [3.8, 4) is 11.5 Å². The predicted molar refractivity (Wildman–Crippen MR) is 133 cm³/mol. The van der Waals surface area contributed by atoms with E-state index >= 15 is 0 Å². The maximum Gasteiger partial charge on any atom is 0.251 e. The van der Waals surface area contributed by atoms with Gasteiger partial charge in [-0.3, -0.25) is 9.10 Å². The van der Waals surface area contributed by atoms with Gasteiger partial charge in [0.25, 0.3) is 5.91 Å². The Kier molecular flexibility index (Phi) is 8.06. The molecule has 0 aromatic heterocycles. The maximum atomic E-state index is 12.8. The number of rotatable bonds is 9. The standard InChI is InChI=1S/C25H36N2O5S/c1-24(2,3)17-25(4,5)26-23(28)19-11-9-18(10-12-19)16-27(33(8,29)30)21-15-20(31-6)13-14-22(21)32-7/h9-15H,16-17H2,1-8H3,(H,26,28). The van der Waals surface area contributed by atoms with Gasteiger partial charge in [-0.05, 0) is 55.5 Å². The van der Waals surface area contributed by atoms with E-state index in [1.165, 1.54) is 18.5 Å². The highest BCUT2D eigenvalue weighted by atomic mass is 32.2. The molecule has 182 valence electrons. The van der Waals surface area contributed by atoms with Gasteiger partial charge in [-0.15, -0.1) is 0 Å². The van der Waals surface area contributed by atoms with Gasteiger partial charge in [0.1, 0.15) is 11.5 Å². The highest BCUT2D eigenvalue weighted by molar-refractivity contribution is 7.92. The molecule has 0 aliphatic rings. The second-order valence-electron chi connectivity index (χ2n) is 10.1. The van der Waals surface area contributed by atoms with Gasteiger partial charge in [0.15, 0.2) is 0 Å². The smallest absolute Gasteiger partial charge is 0.251 e. The van der Waals surface area contributed by atoms with Crippen molar-refractivity contribution in [3.63, 3.8) is 0 Å². The van der Waals surface area contributed by atoms with E-state index in [4.69, 9.17) is 9.47 Å². The third-order valence-corrected chi connectivity index (χ3v) is 6.15. The van der Waals surface area contributed by atoms with Crippen LogP contribution in [0, 0.1) is 5.41 Å². The number of methoxy groups -OCH3 is 2. The molecule has 0 aliphatic heterocycles. The van der Waals surface area contributed by atoms with Gasteiger partial charge in [0.2, 0.25) is 10.0 Å². The molecule has 2 aromatic carbocycles. The highest BCUT2D eigenvalue weighted by Gasteiger charge is 2.27. The van der Waals surface area contributed by atoms with Crippen LogP contribution >= 0.6 is 0 Å². The van der Waals surface area contributed by atoms with Crippen LogP contribution in [0.2, 0.25) is 0 Å². The second kappa shape index (κ2) is 10.0. The normalized spacial score (nSPS) is 12.2. The number of hydrogen-bond acceptors (Lipinski definition) is 5. The maximum absolute atomic E-state index is 12.8. The Morgan fingerprint density at radius 1 is 0.970 bits per heavy atom. The zero-order chi connectivity index (χ0) is 25.0. The summed E-state index contributed by atoms with van der Waals surface area (Å²) in [6.45, 7) is 10.5. The molecule has 0 aliphatic carbocycles. The molecule has 0 unspecified atom stereocenters. The Morgan fingerprint density at radius 2 is 1.58 bits per heavy atom. The van der Waals surface area contributed by atoms with Crippen LogP contribution in [0.25, 0.3) is 0 Å². The lowest BCUT2D eigenvalue weighted by atomic mass is 9.81. The minimum atomic E-state index is -3.62. The van der Waals surface area contributed by atoms with Crippen molar-refractivity contribution in [1.82, 2.24) is 5.32 Å². The zero-order valence-electron chi connectivity index (χ0n) is 20.9. The van der Waals surface area contributed by atoms with Gasteiger partial charge in [-0.1, -0.05) is 32.9 Å². The van der Waals surface area contributed by atoms with Crippen molar-refractivity contribution in [1.29, 1.82) is 0 Å². The molecule has 2 aromatic rings. The summed E-state index contributed by atoms with van der Waals surface area (Å²) < 4.78 is 37.1. The van der Waals surface area contributed by atoms with Crippen LogP contribution in [0.1, 0.15) is 57.0 Å². The van der Waals surface area contributed by atoms with Gasteiger partial charge in [-0.25, -0.2) is 8.42 Å². The number of nitrogens with zero attached hydrogens (tertiary/aromatic N) is 1. The first-order valence-electron chi connectivity index (χ1n) is 10.8. The van der Waals surface area contributed by atoms with Gasteiger partial charge in [-0.2, -0.15) is 0 Å². The number of ether oxygens (including phenoxy) is 2. The summed E-state index contributed by atoms with van der Waals surface area (Å²) in [5, 5.41) is 3.09. The number of benzene rings is 2. The van der Waals surface area contributed by atoms with Crippen molar-refractivity contribution in [2.24, 2.45) is 5.41 Å². The first-order valence-corrected chi connectivity index (χ1v) is 12.6. The Morgan fingerprint density at radius 3 is 2.06 bits per heavy atom. The number of carbonyl (C=O) groups is 1. The second-order valence-corrected chi connectivity index (χ2v) is 12.0. The highest BCUT2D eigenvalue weighted by Crippen LogP contribution is 2.35. The van der Waals surface area contributed by atoms with E-state index in [1.54, 1.807) is 42.5 Å². The summed E-state index contributed by atoms with van der Waals surface area (Å²) in [4.78, 5) is 12.8. The fourth-order valence-electron chi connectivity index (χ4n) is 4.05. The van der Waals surface area contributed by atoms with Crippen LogP contribution in [-0.2, 0) is 16.6 Å². The largest absolute Gasteiger partial charge is 0.497 e. The monoisotopic (exact) mass is 476 g/mol. The van der Waals surface area contributed by atoms with Gasteiger partial charge < -0.3 is 14.8 Å². The van der Waals surface area contributed by atoms with E-state index in [2.05, 4.69) is 26.1 Å². The molecular weight excluding hydrogens is 440 g/mol. The molecule has 0 bridgehead atoms. The fraction of sp³-hybridized carbons (Fsp3) is 0.480. The molecule has 0 spiro atoms. The summed E-state index contributed by atoms with van der Waals surface area (Å²) in [5.74, 6) is 0.771. The average Bonchev–Trinajstić information content (AvgIpc) is 2.68. The van der Waals surface area contributed by atoms with Crippen LogP contribution in [0.5, 0.6) is 11.5 Å². The zero-order valence-corrected chi connectivity index (χ0v) is 21.7. The van der Waals surface area contributed by atoms with Crippen molar-refractivity contribution in [2.45, 2.75) is 53.1 Å². The fourth-order valence-corrected chi connectivity index (χ4v) is 4.93. The summed E-state index contributed by atoms with van der Waals surface area (Å²) in [5.41, 5.74) is 1.35. The molecule has 33 heavy (non-hydrogen) atoms. The molecule has 0 saturated heterocycles. The number of nitrogens with one attached hydrogen (secondary N) is 1. The Bertz CT molecular complexity index is 1070. The molecule has 0 saturated carbocycles. The van der Waals surface area contributed by atoms with Crippen molar-refractivity contribution in [2.75, 3.05) is 24.8 Å².